The Labute approximate surface area is 403 Å². The molecule has 2 heteroatoms. The van der Waals surface area contributed by atoms with E-state index < -0.39 is 10.8 Å². The molecule has 70 heavy (non-hydrogen) atoms. The minimum atomic E-state index is -0.504. The van der Waals surface area contributed by atoms with E-state index in [1.54, 1.807) is 0 Å². The summed E-state index contributed by atoms with van der Waals surface area (Å²) < 4.78 is 5.24. The van der Waals surface area contributed by atoms with Crippen molar-refractivity contribution < 1.29 is 0 Å². The number of para-hydroxylation sites is 2. The van der Waals surface area contributed by atoms with Gasteiger partial charge in [-0.15, -0.1) is 0 Å². The van der Waals surface area contributed by atoms with Crippen molar-refractivity contribution in [3.05, 3.63) is 287 Å². The van der Waals surface area contributed by atoms with Crippen molar-refractivity contribution in [2.45, 2.75) is 10.8 Å². The molecular formula is C68H40N2. The smallest absolute Gasteiger partial charge is 0.0714 e. The lowest BCUT2D eigenvalue weighted by Crippen LogP contribution is -2.28. The van der Waals surface area contributed by atoms with Gasteiger partial charge in [0.25, 0.3) is 0 Å². The van der Waals surface area contributed by atoms with Crippen LogP contribution in [0.1, 0.15) is 44.5 Å². The first-order valence-electron chi connectivity index (χ1n) is 24.6. The van der Waals surface area contributed by atoms with Gasteiger partial charge in [-0.25, -0.2) is 0 Å². The minimum absolute atomic E-state index is 0.504. The molecule has 17 rings (SSSR count). The number of rotatable bonds is 4. The lowest BCUT2D eigenvalue weighted by molar-refractivity contribution is 0.769. The van der Waals surface area contributed by atoms with E-state index in [1.807, 2.05) is 0 Å². The summed E-state index contributed by atoms with van der Waals surface area (Å²) in [6.07, 6.45) is 0. The largest absolute Gasteiger partial charge is 0.308 e. The van der Waals surface area contributed by atoms with E-state index in [0.29, 0.717) is 0 Å². The normalized spacial score (nSPS) is 14.5. The lowest BCUT2D eigenvalue weighted by Gasteiger charge is -2.34. The summed E-state index contributed by atoms with van der Waals surface area (Å²) >= 11 is 0. The highest BCUT2D eigenvalue weighted by Gasteiger charge is 2.48. The van der Waals surface area contributed by atoms with Gasteiger partial charge in [-0.2, -0.15) is 0 Å². The zero-order valence-corrected chi connectivity index (χ0v) is 38.0. The minimum Gasteiger partial charge on any atom is -0.308 e. The predicted molar refractivity (Wildman–Crippen MR) is 290 cm³/mol. The molecule has 15 aromatic rings. The van der Waals surface area contributed by atoms with E-state index in [0.717, 1.165) is 0 Å². The molecule has 0 N–H and O–H groups in total. The molecule has 0 spiro atoms. The second-order valence-corrected chi connectivity index (χ2v) is 19.8. The summed E-state index contributed by atoms with van der Waals surface area (Å²) in [5, 5.41) is 10.5. The van der Waals surface area contributed by atoms with Crippen LogP contribution in [-0.4, -0.2) is 8.80 Å². The highest BCUT2D eigenvalue weighted by molar-refractivity contribution is 6.45. The maximum Gasteiger partial charge on any atom is 0.0714 e. The van der Waals surface area contributed by atoms with Crippen molar-refractivity contribution in [1.29, 1.82) is 0 Å². The highest BCUT2D eigenvalue weighted by atomic mass is 14.9. The molecule has 2 nitrogen and oxygen atoms in total. The van der Waals surface area contributed by atoms with Crippen molar-refractivity contribution in [2.24, 2.45) is 0 Å². The first kappa shape index (κ1) is 37.1. The molecule has 0 aliphatic heterocycles. The van der Waals surface area contributed by atoms with Crippen molar-refractivity contribution in [2.75, 3.05) is 0 Å². The number of benzene rings is 11. The third-order valence-corrected chi connectivity index (χ3v) is 16.9. The predicted octanol–water partition coefficient (Wildman–Crippen LogP) is 16.7. The summed E-state index contributed by atoms with van der Waals surface area (Å²) in [6, 6.07) is 91.9. The van der Waals surface area contributed by atoms with Crippen LogP contribution in [0, 0.1) is 0 Å². The standard InChI is InChI=1S/C68H40N2/c1-3-19-41(20-4-1)67(53-29-13-7-23-45(53)46-24-8-14-30-54(46)67)43-35-37-51-59(39-43)69-57-33-17-11-27-49(57)62-64-52-38-36-44(40-60(52)70-58-34-18-12-28-50(58)61(66(64)70)63(51)65(62)69)68(42-21-5-2-6-22-42)55-31-15-9-25-47(55)48-26-10-16-32-56(48)68/h1-40H. The van der Waals surface area contributed by atoms with Crippen molar-refractivity contribution in [3.8, 4) is 22.3 Å². The Kier molecular flexibility index (Phi) is 6.86. The van der Waals surface area contributed by atoms with Gasteiger partial charge in [0, 0.05) is 43.1 Å². The van der Waals surface area contributed by atoms with Crippen molar-refractivity contribution in [1.82, 2.24) is 8.80 Å². The average Bonchev–Trinajstić information content (AvgIpc) is 4.26. The Morgan fingerprint density at radius 3 is 0.900 bits per heavy atom. The molecule has 4 aromatic heterocycles. The van der Waals surface area contributed by atoms with Crippen LogP contribution in [0.15, 0.2) is 243 Å². The van der Waals surface area contributed by atoms with Crippen LogP contribution in [0.5, 0.6) is 0 Å². The Morgan fingerprint density at radius 2 is 0.529 bits per heavy atom. The third kappa shape index (κ3) is 4.14. The van der Waals surface area contributed by atoms with Crippen molar-refractivity contribution in [3.63, 3.8) is 0 Å². The van der Waals surface area contributed by atoms with Gasteiger partial charge < -0.3 is 8.80 Å². The first-order valence-corrected chi connectivity index (χ1v) is 24.6. The van der Waals surface area contributed by atoms with Crippen LogP contribution in [-0.2, 0) is 10.8 Å². The summed E-state index contributed by atoms with van der Waals surface area (Å²) in [5.74, 6) is 0. The quantitative estimate of drug-likeness (QED) is 0.167. The lowest BCUT2D eigenvalue weighted by atomic mass is 9.67. The molecule has 0 atom stereocenters. The van der Waals surface area contributed by atoms with Gasteiger partial charge in [-0.3, -0.25) is 0 Å². The SMILES string of the molecule is c1ccc(C2(c3ccc4c5c6c7ccccc7n7c8cc(C9(c%10ccccc%10)c%10ccccc%10-c%10ccccc%109)ccc8c(c8c9ccccc9n(c4c3)c85)c67)c3ccccc3-c3ccccc32)cc1. The topological polar surface area (TPSA) is 8.82 Å². The van der Waals surface area contributed by atoms with Crippen molar-refractivity contribution >= 4 is 76.2 Å². The second kappa shape index (κ2) is 13.0. The zero-order valence-electron chi connectivity index (χ0n) is 38.0. The molecule has 0 radical (unpaired) electrons. The maximum atomic E-state index is 2.62. The van der Waals surface area contributed by atoms with Gasteiger partial charge in [0.15, 0.2) is 0 Å². The fourth-order valence-electron chi connectivity index (χ4n) is 14.5. The van der Waals surface area contributed by atoms with E-state index in [-0.39, 0.29) is 0 Å². The first-order chi connectivity index (χ1) is 34.8. The summed E-state index contributed by atoms with van der Waals surface area (Å²) in [7, 11) is 0. The van der Waals surface area contributed by atoms with Gasteiger partial charge in [0.2, 0.25) is 0 Å². The fourth-order valence-corrected chi connectivity index (χ4v) is 14.5. The van der Waals surface area contributed by atoms with E-state index >= 15 is 0 Å². The molecular weight excluding hydrogens is 845 g/mol. The van der Waals surface area contributed by atoms with Gasteiger partial charge >= 0.3 is 0 Å². The molecule has 0 unspecified atom stereocenters. The van der Waals surface area contributed by atoms with E-state index in [4.69, 9.17) is 0 Å². The van der Waals surface area contributed by atoms with Crippen LogP contribution in [0.2, 0.25) is 0 Å². The number of hydrogen-bond donors (Lipinski definition) is 0. The van der Waals surface area contributed by atoms with Gasteiger partial charge in [0.1, 0.15) is 0 Å². The molecule has 11 aromatic carbocycles. The molecule has 0 saturated heterocycles. The molecule has 4 heterocycles. The molecule has 0 saturated carbocycles. The monoisotopic (exact) mass is 884 g/mol. The Bertz CT molecular complexity index is 4310. The Balaban J connectivity index is 1.03. The summed E-state index contributed by atoms with van der Waals surface area (Å²) in [5.41, 5.74) is 22.2. The zero-order chi connectivity index (χ0) is 45.5. The van der Waals surface area contributed by atoms with Crippen LogP contribution in [0.4, 0.5) is 0 Å². The number of aromatic nitrogens is 2. The number of fused-ring (bicyclic) bond motifs is 20. The molecule has 0 fully saturated rings. The summed E-state index contributed by atoms with van der Waals surface area (Å²) in [4.78, 5) is 0. The fraction of sp³-hybridized carbons (Fsp3) is 0.0294. The molecule has 2 aliphatic rings. The summed E-state index contributed by atoms with van der Waals surface area (Å²) in [6.45, 7) is 0. The van der Waals surface area contributed by atoms with Gasteiger partial charge in [0.05, 0.1) is 43.9 Å². The van der Waals surface area contributed by atoms with E-state index in [9.17, 15) is 0 Å². The third-order valence-electron chi connectivity index (χ3n) is 16.9. The number of hydrogen-bond acceptors (Lipinski definition) is 0. The Hall–Kier alpha value is -8.98. The van der Waals surface area contributed by atoms with E-state index in [2.05, 4.69) is 251 Å². The number of nitrogens with zero attached hydrogens (tertiary/aromatic N) is 2. The second-order valence-electron chi connectivity index (χ2n) is 19.8. The van der Waals surface area contributed by atoms with Crippen LogP contribution < -0.4 is 0 Å². The highest BCUT2D eigenvalue weighted by Crippen LogP contribution is 2.60. The molecule has 0 amide bonds. The van der Waals surface area contributed by atoms with E-state index in [1.165, 1.54) is 143 Å². The Morgan fingerprint density at radius 1 is 0.229 bits per heavy atom. The molecule has 0 bridgehead atoms. The average molecular weight is 885 g/mol. The maximum absolute atomic E-state index is 2.62. The van der Waals surface area contributed by atoms with Gasteiger partial charge in [-0.1, -0.05) is 218 Å². The van der Waals surface area contributed by atoms with Crippen LogP contribution >= 0.6 is 0 Å². The van der Waals surface area contributed by atoms with Crippen LogP contribution in [0.3, 0.4) is 0 Å². The van der Waals surface area contributed by atoms with Crippen LogP contribution in [0.25, 0.3) is 98.4 Å². The molecule has 2 aliphatic carbocycles. The molecule has 322 valence electrons. The van der Waals surface area contributed by atoms with Gasteiger partial charge in [-0.05, 0) is 91.0 Å².